The van der Waals surface area contributed by atoms with Gasteiger partial charge in [0, 0.05) is 17.0 Å². The van der Waals surface area contributed by atoms with Crippen LogP contribution in [0.25, 0.3) is 0 Å². The SMILES string of the molecule is C=C1CC[C@H]2[C@H]([C@H]3C[C@H](C)C[C@H]13)[C@]2([C@H](N)C=O)[C@H]1C=C[C@H]2[C@@H](C[C@@H]3[C@@H]2C[C@@H]2C[C@@H]4C=C[C@]23Nc2ccccc24)C1. The molecule has 0 aromatic heterocycles. The molecule has 210 valence electrons. The minimum Gasteiger partial charge on any atom is -0.375 e. The minimum absolute atomic E-state index is 0.0209. The molecule has 3 nitrogen and oxygen atoms in total. The van der Waals surface area contributed by atoms with Gasteiger partial charge in [0.1, 0.15) is 6.29 Å². The van der Waals surface area contributed by atoms with Crippen molar-refractivity contribution in [3.05, 3.63) is 66.3 Å². The van der Waals surface area contributed by atoms with Crippen LogP contribution in [0.15, 0.2) is 60.7 Å². The van der Waals surface area contributed by atoms with Gasteiger partial charge in [0.2, 0.25) is 0 Å². The van der Waals surface area contributed by atoms with E-state index in [2.05, 4.69) is 67.4 Å². The van der Waals surface area contributed by atoms with Crippen molar-refractivity contribution >= 4 is 12.0 Å². The lowest BCUT2D eigenvalue weighted by Crippen LogP contribution is -2.46. The third-order valence-electron chi connectivity index (χ3n) is 14.5. The van der Waals surface area contributed by atoms with Gasteiger partial charge in [-0.25, -0.2) is 0 Å². The first-order chi connectivity index (χ1) is 19.5. The molecule has 3 N–H and O–H groups in total. The Kier molecular flexibility index (Phi) is 5.04. The van der Waals surface area contributed by atoms with Gasteiger partial charge in [-0.15, -0.1) is 0 Å². The fourth-order valence-corrected chi connectivity index (χ4v) is 13.1. The fraction of sp³-hybridized carbons (Fsp3) is 0.649. The maximum Gasteiger partial charge on any atom is 0.137 e. The van der Waals surface area contributed by atoms with Gasteiger partial charge in [0.25, 0.3) is 0 Å². The highest BCUT2D eigenvalue weighted by Gasteiger charge is 2.74. The normalized spacial score (nSPS) is 53.2. The molecule has 5 fully saturated rings. The number of fused-ring (bicyclic) bond motifs is 6. The van der Waals surface area contributed by atoms with E-state index in [0.717, 1.165) is 36.4 Å². The summed E-state index contributed by atoms with van der Waals surface area (Å²) in [5, 5.41) is 4.18. The smallest absolute Gasteiger partial charge is 0.137 e. The van der Waals surface area contributed by atoms with Gasteiger partial charge in [0.15, 0.2) is 0 Å². The van der Waals surface area contributed by atoms with E-state index in [0.29, 0.717) is 47.3 Å². The predicted octanol–water partition coefficient (Wildman–Crippen LogP) is 7.13. The number of hydrogen-bond acceptors (Lipinski definition) is 3. The van der Waals surface area contributed by atoms with Crippen LogP contribution in [0, 0.1) is 70.5 Å². The predicted molar refractivity (Wildman–Crippen MR) is 160 cm³/mol. The second kappa shape index (κ2) is 8.24. The van der Waals surface area contributed by atoms with E-state index in [1.807, 2.05) is 0 Å². The number of carbonyl (C=O) groups is 1. The Labute approximate surface area is 240 Å². The van der Waals surface area contributed by atoms with Crippen LogP contribution in [-0.4, -0.2) is 17.9 Å². The molecule has 1 aromatic carbocycles. The molecule has 40 heavy (non-hydrogen) atoms. The Balaban J connectivity index is 1.03. The van der Waals surface area contributed by atoms with E-state index >= 15 is 0 Å². The second-order valence-electron chi connectivity index (χ2n) is 15.7. The van der Waals surface area contributed by atoms with E-state index in [-0.39, 0.29) is 17.0 Å². The zero-order valence-corrected chi connectivity index (χ0v) is 24.1. The second-order valence-corrected chi connectivity index (χ2v) is 15.7. The lowest BCUT2D eigenvalue weighted by molar-refractivity contribution is -0.111. The van der Waals surface area contributed by atoms with Gasteiger partial charge in [0.05, 0.1) is 11.6 Å². The molecule has 0 radical (unpaired) electrons. The Morgan fingerprint density at radius 2 is 1.90 bits per heavy atom. The van der Waals surface area contributed by atoms with Crippen molar-refractivity contribution in [2.24, 2.45) is 76.2 Å². The topological polar surface area (TPSA) is 55.1 Å². The number of carbonyl (C=O) groups excluding carboxylic acids is 1. The Morgan fingerprint density at radius 1 is 1.02 bits per heavy atom. The number of aldehydes is 1. The molecule has 2 aliphatic heterocycles. The molecule has 15 atom stereocenters. The third-order valence-corrected chi connectivity index (χ3v) is 14.5. The average Bonchev–Trinajstić information content (AvgIpc) is 3.27. The van der Waals surface area contributed by atoms with Crippen LogP contribution < -0.4 is 11.1 Å². The monoisotopic (exact) mass is 534 g/mol. The van der Waals surface area contributed by atoms with E-state index < -0.39 is 0 Å². The van der Waals surface area contributed by atoms with Gasteiger partial charge in [-0.05, 0) is 128 Å². The highest BCUT2D eigenvalue weighted by atomic mass is 16.1. The van der Waals surface area contributed by atoms with Gasteiger partial charge in [-0.1, -0.05) is 61.6 Å². The molecule has 10 rings (SSSR count). The molecule has 0 saturated heterocycles. The molecular weight excluding hydrogens is 488 g/mol. The number of rotatable bonds is 3. The molecule has 1 aromatic rings. The summed E-state index contributed by atoms with van der Waals surface area (Å²) >= 11 is 0. The van der Waals surface area contributed by atoms with Crippen molar-refractivity contribution in [1.29, 1.82) is 0 Å². The molecule has 2 heterocycles. The molecule has 1 spiro atoms. The maximum atomic E-state index is 12.5. The van der Waals surface area contributed by atoms with Crippen molar-refractivity contribution in [1.82, 2.24) is 0 Å². The molecule has 9 aliphatic rings. The minimum atomic E-state index is -0.335. The first-order valence-corrected chi connectivity index (χ1v) is 16.6. The Bertz CT molecular complexity index is 1330. The Hall–Kier alpha value is -2.13. The summed E-state index contributed by atoms with van der Waals surface area (Å²) in [5.41, 5.74) is 11.3. The molecule has 0 amide bonds. The largest absolute Gasteiger partial charge is 0.375 e. The van der Waals surface area contributed by atoms with Crippen molar-refractivity contribution in [2.45, 2.75) is 75.8 Å². The van der Waals surface area contributed by atoms with Crippen LogP contribution in [0.2, 0.25) is 0 Å². The third kappa shape index (κ3) is 2.94. The van der Waals surface area contributed by atoms with Crippen molar-refractivity contribution in [3.63, 3.8) is 0 Å². The molecule has 0 unspecified atom stereocenters. The van der Waals surface area contributed by atoms with Gasteiger partial charge in [-0.3, -0.25) is 0 Å². The van der Waals surface area contributed by atoms with Crippen LogP contribution in [0.5, 0.6) is 0 Å². The fourth-order valence-electron chi connectivity index (χ4n) is 13.1. The summed E-state index contributed by atoms with van der Waals surface area (Å²) in [6, 6.07) is 8.74. The number of hydrogen-bond donors (Lipinski definition) is 2. The number of allylic oxidation sites excluding steroid dienone is 4. The number of anilines is 1. The first-order valence-electron chi connectivity index (χ1n) is 16.6. The summed E-state index contributed by atoms with van der Waals surface area (Å²) in [7, 11) is 0. The van der Waals surface area contributed by atoms with Gasteiger partial charge < -0.3 is 15.8 Å². The summed E-state index contributed by atoms with van der Waals surface area (Å²) in [6.45, 7) is 6.98. The lowest BCUT2D eigenvalue weighted by atomic mass is 9.66. The average molecular weight is 535 g/mol. The van der Waals surface area contributed by atoms with Gasteiger partial charge >= 0.3 is 0 Å². The highest BCUT2D eigenvalue weighted by molar-refractivity contribution is 5.62. The molecule has 5 saturated carbocycles. The van der Waals surface area contributed by atoms with Gasteiger partial charge in [-0.2, -0.15) is 0 Å². The zero-order valence-electron chi connectivity index (χ0n) is 24.1. The molecule has 2 bridgehead atoms. The maximum absolute atomic E-state index is 12.5. The number of para-hydroxylation sites is 1. The van der Waals surface area contributed by atoms with Crippen LogP contribution in [0.3, 0.4) is 0 Å². The lowest BCUT2D eigenvalue weighted by Gasteiger charge is -2.41. The number of nitrogens with one attached hydrogen (secondary N) is 1. The highest BCUT2D eigenvalue weighted by Crippen LogP contribution is 2.76. The number of benzene rings is 1. The number of nitrogens with two attached hydrogens (primary N) is 1. The summed E-state index contributed by atoms with van der Waals surface area (Å²) in [6.07, 6.45) is 21.7. The molecular formula is C37H46N2O. The first kappa shape index (κ1) is 24.5. The van der Waals surface area contributed by atoms with Crippen molar-refractivity contribution in [2.75, 3.05) is 5.32 Å². The van der Waals surface area contributed by atoms with E-state index in [9.17, 15) is 4.79 Å². The van der Waals surface area contributed by atoms with Crippen LogP contribution in [0.4, 0.5) is 5.69 Å². The van der Waals surface area contributed by atoms with Crippen LogP contribution >= 0.6 is 0 Å². The standard InChI is InChI=1S/C37H46N2O/c1-20-13-28-21(2)7-10-31-35(30(28)14-20)37(31,34(38)19-40)24-8-9-26-23(16-24)17-32-29(26)18-25-15-22-11-12-36(25,32)39-33-6-4-3-5-27(22)33/h3-6,8-9,11-12,19-20,22-26,28-32,34-35,39H,2,7,10,13-18,38H2,1H3/t20-,22+,23-,24+,25+,26+,28-,29-,30+,31+,32-,34-,35+,36+,37-/m1/s1. The summed E-state index contributed by atoms with van der Waals surface area (Å²) in [4.78, 5) is 12.5. The van der Waals surface area contributed by atoms with Crippen LogP contribution in [-0.2, 0) is 4.79 Å². The van der Waals surface area contributed by atoms with E-state index in [1.165, 1.54) is 61.8 Å². The van der Waals surface area contributed by atoms with Crippen LogP contribution in [0.1, 0.15) is 69.8 Å². The molecule has 3 heteroatoms. The van der Waals surface area contributed by atoms with Crippen molar-refractivity contribution in [3.8, 4) is 0 Å². The van der Waals surface area contributed by atoms with E-state index in [1.54, 1.807) is 0 Å². The summed E-state index contributed by atoms with van der Waals surface area (Å²) < 4.78 is 0. The van der Waals surface area contributed by atoms with Crippen molar-refractivity contribution < 1.29 is 4.79 Å². The summed E-state index contributed by atoms with van der Waals surface area (Å²) in [5.74, 6) is 7.95. The zero-order chi connectivity index (χ0) is 27.0. The Morgan fingerprint density at radius 3 is 2.77 bits per heavy atom. The van der Waals surface area contributed by atoms with E-state index in [4.69, 9.17) is 5.73 Å². The quantitative estimate of drug-likeness (QED) is 0.320. The molecule has 7 aliphatic carbocycles.